The number of hydrogen-bond acceptors (Lipinski definition) is 5. The molecule has 0 bridgehead atoms. The molecule has 6 nitrogen and oxygen atoms in total. The molecule has 1 atom stereocenters. The topological polar surface area (TPSA) is 67.9 Å². The van der Waals surface area contributed by atoms with E-state index in [2.05, 4.69) is 5.32 Å². The molecular formula is C22H27ClN2O4S. The van der Waals surface area contributed by atoms with Crippen LogP contribution in [0.1, 0.15) is 22.3 Å². The molecule has 2 aromatic rings. The maximum atomic E-state index is 13.2. The molecule has 2 aromatic carbocycles. The number of halogens is 1. The third-order valence-electron chi connectivity index (χ3n) is 4.60. The third-order valence-corrected chi connectivity index (χ3v) is 5.57. The molecule has 2 amide bonds. The number of rotatable bonds is 10. The average Bonchev–Trinajstić information content (AvgIpc) is 2.75. The van der Waals surface area contributed by atoms with Crippen molar-refractivity contribution in [3.8, 4) is 11.5 Å². The van der Waals surface area contributed by atoms with Gasteiger partial charge in [0.1, 0.15) is 6.04 Å². The lowest BCUT2D eigenvalue weighted by Crippen LogP contribution is -2.47. The first-order valence-electron chi connectivity index (χ1n) is 9.42. The van der Waals surface area contributed by atoms with E-state index < -0.39 is 6.04 Å². The Morgan fingerprint density at radius 3 is 2.50 bits per heavy atom. The lowest BCUT2D eigenvalue weighted by Gasteiger charge is -2.25. The van der Waals surface area contributed by atoms with E-state index >= 15 is 0 Å². The number of nitrogens with one attached hydrogen (secondary N) is 1. The number of nitrogens with zero attached hydrogens (tertiary/aromatic N) is 1. The van der Waals surface area contributed by atoms with Gasteiger partial charge in [0.15, 0.2) is 11.5 Å². The molecule has 0 saturated heterocycles. The number of para-hydroxylation sites is 1. The Kier molecular flexibility index (Phi) is 9.33. The van der Waals surface area contributed by atoms with Gasteiger partial charge in [0, 0.05) is 19.2 Å². The molecule has 0 aliphatic heterocycles. The molecule has 0 spiro atoms. The number of ether oxygens (including phenoxy) is 2. The summed E-state index contributed by atoms with van der Waals surface area (Å²) in [6.07, 6.45) is 2.47. The van der Waals surface area contributed by atoms with Crippen molar-refractivity contribution in [3.63, 3.8) is 0 Å². The van der Waals surface area contributed by atoms with Crippen molar-refractivity contribution in [1.29, 1.82) is 0 Å². The van der Waals surface area contributed by atoms with E-state index in [4.69, 9.17) is 21.1 Å². The maximum Gasteiger partial charge on any atom is 0.253 e. The van der Waals surface area contributed by atoms with Gasteiger partial charge < -0.3 is 19.7 Å². The average molecular weight is 451 g/mol. The molecule has 0 aliphatic rings. The maximum absolute atomic E-state index is 13.2. The van der Waals surface area contributed by atoms with Crippen LogP contribution in [0, 0.1) is 0 Å². The molecule has 0 aromatic heterocycles. The minimum absolute atomic E-state index is 0.186. The van der Waals surface area contributed by atoms with Crippen molar-refractivity contribution in [3.05, 3.63) is 58.6 Å². The normalized spacial score (nSPS) is 11.5. The van der Waals surface area contributed by atoms with Crippen LogP contribution in [0.15, 0.2) is 42.5 Å². The zero-order chi connectivity index (χ0) is 22.1. The smallest absolute Gasteiger partial charge is 0.253 e. The van der Waals surface area contributed by atoms with Crippen LogP contribution >= 0.6 is 23.4 Å². The van der Waals surface area contributed by atoms with E-state index in [1.54, 1.807) is 68.3 Å². The van der Waals surface area contributed by atoms with Crippen molar-refractivity contribution in [2.24, 2.45) is 0 Å². The Hall–Kier alpha value is -2.38. The van der Waals surface area contributed by atoms with Gasteiger partial charge in [-0.05, 0) is 36.6 Å². The zero-order valence-corrected chi connectivity index (χ0v) is 19.2. The number of methoxy groups -OCH3 is 2. The van der Waals surface area contributed by atoms with Gasteiger partial charge in [-0.1, -0.05) is 35.9 Å². The number of thioether (sulfide) groups is 1. The van der Waals surface area contributed by atoms with Gasteiger partial charge in [-0.3, -0.25) is 9.59 Å². The second-order valence-corrected chi connectivity index (χ2v) is 8.03. The number of carbonyl (C=O) groups is 2. The summed E-state index contributed by atoms with van der Waals surface area (Å²) < 4.78 is 10.8. The Morgan fingerprint density at radius 1 is 1.13 bits per heavy atom. The van der Waals surface area contributed by atoms with Crippen LogP contribution in [-0.4, -0.2) is 56.0 Å². The second kappa shape index (κ2) is 11.7. The summed E-state index contributed by atoms with van der Waals surface area (Å²) in [4.78, 5) is 27.4. The van der Waals surface area contributed by atoms with Crippen molar-refractivity contribution < 1.29 is 19.1 Å². The summed E-state index contributed by atoms with van der Waals surface area (Å²) in [7, 11) is 4.84. The summed E-state index contributed by atoms with van der Waals surface area (Å²) in [6.45, 7) is 0.316. The molecule has 0 saturated carbocycles. The summed E-state index contributed by atoms with van der Waals surface area (Å²) in [5.41, 5.74) is 1.16. The Bertz CT molecular complexity index is 878. The fourth-order valence-electron chi connectivity index (χ4n) is 3.05. The summed E-state index contributed by atoms with van der Waals surface area (Å²) in [5, 5.41) is 3.19. The fraction of sp³-hybridized carbons (Fsp3) is 0.364. The van der Waals surface area contributed by atoms with E-state index in [9.17, 15) is 9.59 Å². The standard InChI is InChI=1S/C22H27ClN2O4S/c1-25(14-15-8-7-11-19(28-2)20(15)29-3)22(27)18(12-13-30-4)24-21(26)16-9-5-6-10-17(16)23/h5-11,18H,12-14H2,1-4H3,(H,24,26). The largest absolute Gasteiger partial charge is 0.493 e. The SMILES string of the molecule is COc1cccc(CN(C)C(=O)C(CCSC)NC(=O)c2ccccc2Cl)c1OC. The van der Waals surface area contributed by atoms with Gasteiger partial charge in [0.05, 0.1) is 24.8 Å². The van der Waals surface area contributed by atoms with Crippen molar-refractivity contribution in [1.82, 2.24) is 10.2 Å². The third kappa shape index (κ3) is 6.06. The first kappa shape index (κ1) is 23.9. The van der Waals surface area contributed by atoms with Gasteiger partial charge in [-0.25, -0.2) is 0 Å². The quantitative estimate of drug-likeness (QED) is 0.595. The predicted molar refractivity (Wildman–Crippen MR) is 122 cm³/mol. The Balaban J connectivity index is 2.18. The number of likely N-dealkylation sites (N-methyl/N-ethyl adjacent to an activating group) is 1. The fourth-order valence-corrected chi connectivity index (χ4v) is 3.75. The number of amides is 2. The van der Waals surface area contributed by atoms with Crippen molar-refractivity contribution in [2.45, 2.75) is 19.0 Å². The van der Waals surface area contributed by atoms with Crippen LogP contribution < -0.4 is 14.8 Å². The van der Waals surface area contributed by atoms with Crippen molar-refractivity contribution in [2.75, 3.05) is 33.3 Å². The summed E-state index contributed by atoms with van der Waals surface area (Å²) >= 11 is 7.75. The molecule has 30 heavy (non-hydrogen) atoms. The van der Waals surface area contributed by atoms with Crippen LogP contribution in [-0.2, 0) is 11.3 Å². The second-order valence-electron chi connectivity index (χ2n) is 6.63. The molecule has 0 heterocycles. The molecule has 0 fully saturated rings. The Morgan fingerprint density at radius 2 is 1.87 bits per heavy atom. The monoisotopic (exact) mass is 450 g/mol. The Labute approximate surface area is 186 Å². The predicted octanol–water partition coefficient (Wildman–Crippen LogP) is 3.87. The summed E-state index contributed by atoms with van der Waals surface area (Å²) in [6, 6.07) is 11.6. The highest BCUT2D eigenvalue weighted by atomic mass is 35.5. The highest BCUT2D eigenvalue weighted by Crippen LogP contribution is 2.31. The van der Waals surface area contributed by atoms with Crippen LogP contribution in [0.2, 0.25) is 5.02 Å². The van der Waals surface area contributed by atoms with E-state index in [0.717, 1.165) is 11.3 Å². The van der Waals surface area contributed by atoms with Crippen LogP contribution in [0.25, 0.3) is 0 Å². The highest BCUT2D eigenvalue weighted by molar-refractivity contribution is 7.98. The van der Waals surface area contributed by atoms with Crippen LogP contribution in [0.3, 0.4) is 0 Å². The first-order valence-corrected chi connectivity index (χ1v) is 11.2. The van der Waals surface area contributed by atoms with Gasteiger partial charge in [-0.2, -0.15) is 11.8 Å². The minimum atomic E-state index is -0.664. The van der Waals surface area contributed by atoms with E-state index in [1.807, 2.05) is 18.4 Å². The van der Waals surface area contributed by atoms with Gasteiger partial charge >= 0.3 is 0 Å². The lowest BCUT2D eigenvalue weighted by atomic mass is 10.1. The highest BCUT2D eigenvalue weighted by Gasteiger charge is 2.26. The van der Waals surface area contributed by atoms with Crippen LogP contribution in [0.5, 0.6) is 11.5 Å². The van der Waals surface area contributed by atoms with Gasteiger partial charge in [0.25, 0.3) is 5.91 Å². The van der Waals surface area contributed by atoms with Crippen molar-refractivity contribution >= 4 is 35.2 Å². The van der Waals surface area contributed by atoms with E-state index in [-0.39, 0.29) is 11.8 Å². The molecule has 0 radical (unpaired) electrons. The minimum Gasteiger partial charge on any atom is -0.493 e. The van der Waals surface area contributed by atoms with Gasteiger partial charge in [-0.15, -0.1) is 0 Å². The lowest BCUT2D eigenvalue weighted by molar-refractivity contribution is -0.132. The van der Waals surface area contributed by atoms with Crippen LogP contribution in [0.4, 0.5) is 0 Å². The summed E-state index contributed by atoms with van der Waals surface area (Å²) in [5.74, 6) is 1.36. The molecule has 8 heteroatoms. The molecule has 162 valence electrons. The van der Waals surface area contributed by atoms with Gasteiger partial charge in [0.2, 0.25) is 5.91 Å². The number of hydrogen-bond donors (Lipinski definition) is 1. The number of benzene rings is 2. The molecule has 1 unspecified atom stereocenters. The molecule has 2 rings (SSSR count). The van der Waals surface area contributed by atoms with E-state index in [0.29, 0.717) is 35.1 Å². The van der Waals surface area contributed by atoms with E-state index in [1.165, 1.54) is 0 Å². The zero-order valence-electron chi connectivity index (χ0n) is 17.6. The number of carbonyl (C=O) groups excluding carboxylic acids is 2. The first-order chi connectivity index (χ1) is 14.4. The molecular weight excluding hydrogens is 424 g/mol. The molecule has 1 N–H and O–H groups in total. The molecule has 0 aliphatic carbocycles.